The molecule has 1 N–H and O–H groups in total. The van der Waals surface area contributed by atoms with Gasteiger partial charge in [-0.15, -0.1) is 0 Å². The zero-order valence-corrected chi connectivity index (χ0v) is 16.3. The molecule has 2 aromatic rings. The van der Waals surface area contributed by atoms with Crippen LogP contribution in [0.1, 0.15) is 25.8 Å². The SMILES string of the molecule is CC(C)Oc1ccc(NC(=O)CCS(=O)(=O)N2CCc3ccccc32)cc1. The van der Waals surface area contributed by atoms with Gasteiger partial charge in [0.15, 0.2) is 0 Å². The Hall–Kier alpha value is -2.54. The smallest absolute Gasteiger partial charge is 0.235 e. The molecule has 0 aromatic heterocycles. The molecule has 1 heterocycles. The number of amides is 1. The number of anilines is 2. The molecule has 7 heteroatoms. The first-order valence-electron chi connectivity index (χ1n) is 9.00. The number of nitrogens with one attached hydrogen (secondary N) is 1. The van der Waals surface area contributed by atoms with Gasteiger partial charge in [-0.25, -0.2) is 8.42 Å². The number of para-hydroxylation sites is 1. The molecule has 0 radical (unpaired) electrons. The number of carbonyl (C=O) groups excluding carboxylic acids is 1. The number of benzene rings is 2. The highest BCUT2D eigenvalue weighted by atomic mass is 32.2. The van der Waals surface area contributed by atoms with E-state index in [1.165, 1.54) is 4.31 Å². The number of ether oxygens (including phenoxy) is 1. The van der Waals surface area contributed by atoms with Crippen molar-refractivity contribution in [2.24, 2.45) is 0 Å². The molecule has 27 heavy (non-hydrogen) atoms. The maximum absolute atomic E-state index is 12.6. The summed E-state index contributed by atoms with van der Waals surface area (Å²) in [5, 5.41) is 2.73. The zero-order valence-electron chi connectivity index (χ0n) is 15.5. The minimum atomic E-state index is -3.53. The Bertz CT molecular complexity index is 908. The van der Waals surface area contributed by atoms with Gasteiger partial charge in [-0.2, -0.15) is 0 Å². The van der Waals surface area contributed by atoms with Crippen LogP contribution in [-0.4, -0.2) is 32.7 Å². The largest absolute Gasteiger partial charge is 0.491 e. The number of rotatable bonds is 7. The molecular weight excluding hydrogens is 364 g/mol. The molecule has 0 bridgehead atoms. The van der Waals surface area contributed by atoms with Gasteiger partial charge in [0.05, 0.1) is 17.5 Å². The van der Waals surface area contributed by atoms with Crippen molar-refractivity contribution >= 4 is 27.3 Å². The molecule has 0 unspecified atom stereocenters. The van der Waals surface area contributed by atoms with Crippen LogP contribution in [0.3, 0.4) is 0 Å². The Labute approximate surface area is 160 Å². The second-order valence-electron chi connectivity index (χ2n) is 6.76. The molecule has 0 fully saturated rings. The quantitative estimate of drug-likeness (QED) is 0.790. The fourth-order valence-corrected chi connectivity index (χ4v) is 4.55. The van der Waals surface area contributed by atoms with Crippen LogP contribution in [0.4, 0.5) is 11.4 Å². The van der Waals surface area contributed by atoms with Crippen LogP contribution in [0.15, 0.2) is 48.5 Å². The van der Waals surface area contributed by atoms with Crippen LogP contribution >= 0.6 is 0 Å². The topological polar surface area (TPSA) is 75.7 Å². The third-order valence-electron chi connectivity index (χ3n) is 4.28. The Balaban J connectivity index is 1.56. The van der Waals surface area contributed by atoms with E-state index in [9.17, 15) is 13.2 Å². The molecule has 0 saturated carbocycles. The second-order valence-corrected chi connectivity index (χ2v) is 8.77. The van der Waals surface area contributed by atoms with Crippen molar-refractivity contribution in [2.45, 2.75) is 32.8 Å². The monoisotopic (exact) mass is 388 g/mol. The molecule has 0 saturated heterocycles. The number of carbonyl (C=O) groups is 1. The molecule has 0 spiro atoms. The van der Waals surface area contributed by atoms with Gasteiger partial charge in [-0.1, -0.05) is 18.2 Å². The van der Waals surface area contributed by atoms with Gasteiger partial charge in [0.2, 0.25) is 15.9 Å². The van der Waals surface area contributed by atoms with Crippen molar-refractivity contribution in [3.05, 3.63) is 54.1 Å². The normalized spacial score (nSPS) is 13.5. The summed E-state index contributed by atoms with van der Waals surface area (Å²) >= 11 is 0. The molecule has 1 amide bonds. The molecular formula is C20H24N2O4S. The van der Waals surface area contributed by atoms with Gasteiger partial charge in [0.1, 0.15) is 5.75 Å². The fraction of sp³-hybridized carbons (Fsp3) is 0.350. The van der Waals surface area contributed by atoms with Gasteiger partial charge < -0.3 is 10.1 Å². The molecule has 2 aromatic carbocycles. The van der Waals surface area contributed by atoms with Crippen LogP contribution in [0.2, 0.25) is 0 Å². The molecule has 1 aliphatic rings. The van der Waals surface area contributed by atoms with E-state index in [4.69, 9.17) is 4.74 Å². The number of hydrogen-bond acceptors (Lipinski definition) is 4. The van der Waals surface area contributed by atoms with E-state index in [2.05, 4.69) is 5.32 Å². The Morgan fingerprint density at radius 3 is 2.56 bits per heavy atom. The predicted octanol–water partition coefficient (Wildman–Crippen LogP) is 3.19. The van der Waals surface area contributed by atoms with E-state index in [0.29, 0.717) is 18.7 Å². The first-order valence-corrected chi connectivity index (χ1v) is 10.6. The fourth-order valence-electron chi connectivity index (χ4n) is 3.04. The summed E-state index contributed by atoms with van der Waals surface area (Å²) in [4.78, 5) is 12.2. The maximum Gasteiger partial charge on any atom is 0.235 e. The highest BCUT2D eigenvalue weighted by Crippen LogP contribution is 2.30. The van der Waals surface area contributed by atoms with Crippen molar-refractivity contribution in [2.75, 3.05) is 21.9 Å². The van der Waals surface area contributed by atoms with Crippen LogP contribution in [0.25, 0.3) is 0 Å². The van der Waals surface area contributed by atoms with Gasteiger partial charge >= 0.3 is 0 Å². The van der Waals surface area contributed by atoms with Crippen molar-refractivity contribution in [1.29, 1.82) is 0 Å². The van der Waals surface area contributed by atoms with E-state index < -0.39 is 10.0 Å². The van der Waals surface area contributed by atoms with E-state index in [0.717, 1.165) is 17.0 Å². The summed E-state index contributed by atoms with van der Waals surface area (Å²) in [5.74, 6) is 0.170. The molecule has 1 aliphatic heterocycles. The van der Waals surface area contributed by atoms with Gasteiger partial charge in [0.25, 0.3) is 0 Å². The molecule has 144 valence electrons. The third kappa shape index (κ3) is 4.80. The van der Waals surface area contributed by atoms with Crippen LogP contribution < -0.4 is 14.4 Å². The van der Waals surface area contributed by atoms with Gasteiger partial charge in [-0.3, -0.25) is 9.10 Å². The van der Waals surface area contributed by atoms with Gasteiger partial charge in [0, 0.05) is 18.7 Å². The molecule has 3 rings (SSSR count). The van der Waals surface area contributed by atoms with Crippen LogP contribution in [0, 0.1) is 0 Å². The first kappa shape index (κ1) is 19.2. The van der Waals surface area contributed by atoms with Gasteiger partial charge in [-0.05, 0) is 56.2 Å². The standard InChI is InChI=1S/C20H24N2O4S/c1-15(2)26-18-9-7-17(8-10-18)21-20(23)12-14-27(24,25)22-13-11-16-5-3-4-6-19(16)22/h3-10,15H,11-14H2,1-2H3,(H,21,23). The summed E-state index contributed by atoms with van der Waals surface area (Å²) in [7, 11) is -3.53. The van der Waals surface area contributed by atoms with Crippen molar-refractivity contribution in [1.82, 2.24) is 0 Å². The molecule has 0 atom stereocenters. The summed E-state index contributed by atoms with van der Waals surface area (Å²) in [6, 6.07) is 14.5. The van der Waals surface area contributed by atoms with E-state index in [-0.39, 0.29) is 24.2 Å². The lowest BCUT2D eigenvalue weighted by Crippen LogP contribution is -2.32. The lowest BCUT2D eigenvalue weighted by atomic mass is 10.2. The first-order chi connectivity index (χ1) is 12.8. The summed E-state index contributed by atoms with van der Waals surface area (Å²) in [6.45, 7) is 4.31. The number of fused-ring (bicyclic) bond motifs is 1. The lowest BCUT2D eigenvalue weighted by molar-refractivity contribution is -0.115. The van der Waals surface area contributed by atoms with E-state index in [1.807, 2.05) is 32.0 Å². The highest BCUT2D eigenvalue weighted by molar-refractivity contribution is 7.92. The minimum Gasteiger partial charge on any atom is -0.491 e. The Kier molecular flexibility index (Phi) is 5.70. The van der Waals surface area contributed by atoms with Crippen molar-refractivity contribution in [3.8, 4) is 5.75 Å². The lowest BCUT2D eigenvalue weighted by Gasteiger charge is -2.19. The number of hydrogen-bond donors (Lipinski definition) is 1. The van der Waals surface area contributed by atoms with Crippen LogP contribution in [-0.2, 0) is 21.2 Å². The number of nitrogens with zero attached hydrogens (tertiary/aromatic N) is 1. The predicted molar refractivity (Wildman–Crippen MR) is 107 cm³/mol. The summed E-state index contributed by atoms with van der Waals surface area (Å²) in [6.07, 6.45) is 0.684. The second kappa shape index (κ2) is 8.00. The molecule has 0 aliphatic carbocycles. The van der Waals surface area contributed by atoms with Crippen LogP contribution in [0.5, 0.6) is 5.75 Å². The average Bonchev–Trinajstić information content (AvgIpc) is 3.06. The van der Waals surface area contributed by atoms with E-state index >= 15 is 0 Å². The zero-order chi connectivity index (χ0) is 19.4. The van der Waals surface area contributed by atoms with Crippen molar-refractivity contribution < 1.29 is 17.9 Å². The number of sulfonamides is 1. The third-order valence-corrected chi connectivity index (χ3v) is 6.05. The van der Waals surface area contributed by atoms with Crippen molar-refractivity contribution in [3.63, 3.8) is 0 Å². The Morgan fingerprint density at radius 2 is 1.85 bits per heavy atom. The van der Waals surface area contributed by atoms with E-state index in [1.54, 1.807) is 30.3 Å². The molecule has 6 nitrogen and oxygen atoms in total. The summed E-state index contributed by atoms with van der Waals surface area (Å²) < 4.78 is 32.2. The average molecular weight is 388 g/mol. The maximum atomic E-state index is 12.6. The minimum absolute atomic E-state index is 0.0753. The summed E-state index contributed by atoms with van der Waals surface area (Å²) in [5.41, 5.74) is 2.35. The highest BCUT2D eigenvalue weighted by Gasteiger charge is 2.29. The Morgan fingerprint density at radius 1 is 1.15 bits per heavy atom.